The Morgan fingerprint density at radius 2 is 2.26 bits per heavy atom. The molecule has 104 valence electrons. The van der Waals surface area contributed by atoms with Crippen LogP contribution in [0, 0.1) is 0 Å². The standard InChI is InChI=1S/C14H20N2O2S/c1-18-13-4-2-11(3-5-13)9-16-14(17)8-12-10-19-7-6-15-12/h2-5,12,15H,6-10H2,1H3,(H,16,17). The summed E-state index contributed by atoms with van der Waals surface area (Å²) < 4.78 is 5.10. The van der Waals surface area contributed by atoms with Crippen LogP contribution in [-0.2, 0) is 11.3 Å². The number of hydrogen-bond acceptors (Lipinski definition) is 4. The van der Waals surface area contributed by atoms with Crippen LogP contribution in [0.2, 0.25) is 0 Å². The van der Waals surface area contributed by atoms with E-state index in [-0.39, 0.29) is 5.91 Å². The zero-order chi connectivity index (χ0) is 13.5. The Balaban J connectivity index is 1.72. The highest BCUT2D eigenvalue weighted by Gasteiger charge is 2.16. The van der Waals surface area contributed by atoms with E-state index in [9.17, 15) is 4.79 Å². The van der Waals surface area contributed by atoms with Gasteiger partial charge in [-0.2, -0.15) is 11.8 Å². The Kier molecular flexibility index (Phi) is 5.54. The van der Waals surface area contributed by atoms with Crippen LogP contribution in [0.25, 0.3) is 0 Å². The topological polar surface area (TPSA) is 50.4 Å². The minimum atomic E-state index is 0.107. The van der Waals surface area contributed by atoms with Gasteiger partial charge >= 0.3 is 0 Å². The van der Waals surface area contributed by atoms with E-state index in [0.717, 1.165) is 29.4 Å². The summed E-state index contributed by atoms with van der Waals surface area (Å²) in [6, 6.07) is 8.05. The predicted molar refractivity (Wildman–Crippen MR) is 78.6 cm³/mol. The molecule has 1 heterocycles. The van der Waals surface area contributed by atoms with E-state index < -0.39 is 0 Å². The van der Waals surface area contributed by atoms with Gasteiger partial charge in [-0.25, -0.2) is 0 Å². The Morgan fingerprint density at radius 3 is 2.89 bits per heavy atom. The van der Waals surface area contributed by atoms with Crippen LogP contribution in [0.3, 0.4) is 0 Å². The van der Waals surface area contributed by atoms with Gasteiger partial charge in [0.15, 0.2) is 0 Å². The van der Waals surface area contributed by atoms with E-state index in [4.69, 9.17) is 4.74 Å². The molecule has 1 aromatic carbocycles. The zero-order valence-corrected chi connectivity index (χ0v) is 12.0. The van der Waals surface area contributed by atoms with Crippen molar-refractivity contribution in [3.05, 3.63) is 29.8 Å². The molecule has 1 saturated heterocycles. The fraction of sp³-hybridized carbons (Fsp3) is 0.500. The van der Waals surface area contributed by atoms with Gasteiger partial charge in [0.1, 0.15) is 5.75 Å². The summed E-state index contributed by atoms with van der Waals surface area (Å²) >= 11 is 1.91. The maximum absolute atomic E-state index is 11.8. The number of hydrogen-bond donors (Lipinski definition) is 2. The van der Waals surface area contributed by atoms with Gasteiger partial charge in [0.05, 0.1) is 7.11 Å². The van der Waals surface area contributed by atoms with Gasteiger partial charge in [0.25, 0.3) is 0 Å². The molecule has 1 aliphatic heterocycles. The molecule has 0 aromatic heterocycles. The number of carbonyl (C=O) groups is 1. The van der Waals surface area contributed by atoms with Crippen LogP contribution in [0.5, 0.6) is 5.75 Å². The molecule has 1 unspecified atom stereocenters. The minimum Gasteiger partial charge on any atom is -0.497 e. The van der Waals surface area contributed by atoms with Crippen LogP contribution in [0.15, 0.2) is 24.3 Å². The largest absolute Gasteiger partial charge is 0.497 e. The third-order valence-electron chi connectivity index (χ3n) is 3.08. The fourth-order valence-electron chi connectivity index (χ4n) is 1.99. The smallest absolute Gasteiger partial charge is 0.221 e. The van der Waals surface area contributed by atoms with Gasteiger partial charge in [0.2, 0.25) is 5.91 Å². The average Bonchev–Trinajstić information content (AvgIpc) is 2.47. The molecule has 0 radical (unpaired) electrons. The number of amides is 1. The molecule has 4 nitrogen and oxygen atoms in total. The third-order valence-corrected chi connectivity index (χ3v) is 4.21. The van der Waals surface area contributed by atoms with Crippen molar-refractivity contribution in [2.24, 2.45) is 0 Å². The molecule has 2 N–H and O–H groups in total. The Morgan fingerprint density at radius 1 is 1.47 bits per heavy atom. The Bertz CT molecular complexity index is 402. The highest BCUT2D eigenvalue weighted by atomic mass is 32.2. The van der Waals surface area contributed by atoms with Gasteiger partial charge in [-0.05, 0) is 17.7 Å². The summed E-state index contributed by atoms with van der Waals surface area (Å²) in [5, 5.41) is 6.32. The number of thioether (sulfide) groups is 1. The lowest BCUT2D eigenvalue weighted by Gasteiger charge is -2.22. The first-order chi connectivity index (χ1) is 9.28. The van der Waals surface area contributed by atoms with E-state index in [1.54, 1.807) is 7.11 Å². The predicted octanol–water partition coefficient (Wildman–Crippen LogP) is 1.41. The zero-order valence-electron chi connectivity index (χ0n) is 11.1. The SMILES string of the molecule is COc1ccc(CNC(=O)CC2CSCCN2)cc1. The van der Waals surface area contributed by atoms with E-state index in [1.807, 2.05) is 36.0 Å². The van der Waals surface area contributed by atoms with Crippen molar-refractivity contribution in [3.63, 3.8) is 0 Å². The second-order valence-electron chi connectivity index (χ2n) is 4.55. The summed E-state index contributed by atoms with van der Waals surface area (Å²) in [5.74, 6) is 3.11. The maximum Gasteiger partial charge on any atom is 0.221 e. The van der Waals surface area contributed by atoms with E-state index in [2.05, 4.69) is 10.6 Å². The molecule has 1 atom stereocenters. The molecule has 19 heavy (non-hydrogen) atoms. The molecular formula is C14H20N2O2S. The molecule has 1 amide bonds. The van der Waals surface area contributed by atoms with Crippen molar-refractivity contribution in [1.82, 2.24) is 10.6 Å². The molecule has 1 aliphatic rings. The molecule has 2 rings (SSSR count). The van der Waals surface area contributed by atoms with Crippen LogP contribution in [0.4, 0.5) is 0 Å². The van der Waals surface area contributed by atoms with Crippen molar-refractivity contribution >= 4 is 17.7 Å². The summed E-state index contributed by atoms with van der Waals surface area (Å²) in [7, 11) is 1.64. The monoisotopic (exact) mass is 280 g/mol. The van der Waals surface area contributed by atoms with Crippen molar-refractivity contribution in [3.8, 4) is 5.75 Å². The third kappa shape index (κ3) is 4.76. The number of carbonyl (C=O) groups excluding carboxylic acids is 1. The Labute approximate surface area is 118 Å². The number of nitrogens with one attached hydrogen (secondary N) is 2. The van der Waals surface area contributed by atoms with Crippen LogP contribution < -0.4 is 15.4 Å². The van der Waals surface area contributed by atoms with Crippen molar-refractivity contribution in [1.29, 1.82) is 0 Å². The summed E-state index contributed by atoms with van der Waals surface area (Å²) in [4.78, 5) is 11.8. The average molecular weight is 280 g/mol. The highest BCUT2D eigenvalue weighted by Crippen LogP contribution is 2.12. The van der Waals surface area contributed by atoms with Crippen molar-refractivity contribution in [2.45, 2.75) is 19.0 Å². The number of ether oxygens (including phenoxy) is 1. The van der Waals surface area contributed by atoms with Crippen LogP contribution >= 0.6 is 11.8 Å². The number of methoxy groups -OCH3 is 1. The molecule has 5 heteroatoms. The normalized spacial score (nSPS) is 18.9. The summed E-state index contributed by atoms with van der Waals surface area (Å²) in [6.45, 7) is 1.57. The van der Waals surface area contributed by atoms with Gasteiger partial charge in [-0.15, -0.1) is 0 Å². The van der Waals surface area contributed by atoms with E-state index in [0.29, 0.717) is 19.0 Å². The van der Waals surface area contributed by atoms with Gasteiger partial charge in [-0.1, -0.05) is 12.1 Å². The summed E-state index contributed by atoms with van der Waals surface area (Å²) in [5.41, 5.74) is 1.08. The molecule has 0 bridgehead atoms. The molecule has 1 aromatic rings. The molecule has 1 fully saturated rings. The van der Waals surface area contributed by atoms with E-state index >= 15 is 0 Å². The van der Waals surface area contributed by atoms with Crippen LogP contribution in [0.1, 0.15) is 12.0 Å². The molecule has 0 saturated carbocycles. The van der Waals surface area contributed by atoms with Crippen molar-refractivity contribution < 1.29 is 9.53 Å². The van der Waals surface area contributed by atoms with Gasteiger partial charge in [-0.3, -0.25) is 4.79 Å². The van der Waals surface area contributed by atoms with E-state index in [1.165, 1.54) is 0 Å². The first kappa shape index (κ1) is 14.2. The lowest BCUT2D eigenvalue weighted by molar-refractivity contribution is -0.121. The first-order valence-corrected chi connectivity index (χ1v) is 7.64. The van der Waals surface area contributed by atoms with Crippen molar-refractivity contribution in [2.75, 3.05) is 25.2 Å². The quantitative estimate of drug-likeness (QED) is 0.856. The summed E-state index contributed by atoms with van der Waals surface area (Å²) in [6.07, 6.45) is 0.559. The maximum atomic E-state index is 11.8. The lowest BCUT2D eigenvalue weighted by atomic mass is 10.2. The first-order valence-electron chi connectivity index (χ1n) is 6.48. The fourth-order valence-corrected chi connectivity index (χ4v) is 2.94. The lowest BCUT2D eigenvalue weighted by Crippen LogP contribution is -2.41. The number of rotatable bonds is 5. The minimum absolute atomic E-state index is 0.107. The van der Waals surface area contributed by atoms with Gasteiger partial charge in [0, 0.05) is 37.1 Å². The van der Waals surface area contributed by atoms with Crippen LogP contribution in [-0.4, -0.2) is 37.1 Å². The molecule has 0 aliphatic carbocycles. The van der Waals surface area contributed by atoms with Gasteiger partial charge < -0.3 is 15.4 Å². The second kappa shape index (κ2) is 7.40. The second-order valence-corrected chi connectivity index (χ2v) is 5.70. The molecule has 0 spiro atoms. The highest BCUT2D eigenvalue weighted by molar-refractivity contribution is 7.99. The Hall–Kier alpha value is -1.20. The molecular weight excluding hydrogens is 260 g/mol. The number of benzene rings is 1.